The molecule has 1 fully saturated rings. The van der Waals surface area contributed by atoms with E-state index in [1.165, 1.54) is 4.90 Å². The number of rotatable bonds is 3. The minimum atomic E-state index is -4.14. The second-order valence-corrected chi connectivity index (χ2v) is 4.41. The van der Waals surface area contributed by atoms with E-state index in [1.54, 1.807) is 12.4 Å². The molecular weight excluding hydrogens is 259 g/mol. The molecule has 0 saturated carbocycles. The van der Waals surface area contributed by atoms with Crippen LogP contribution in [0.15, 0.2) is 12.4 Å². The molecule has 1 aromatic heterocycles. The maximum atomic E-state index is 12.3. The first-order valence-electron chi connectivity index (χ1n) is 6.03. The largest absolute Gasteiger partial charge is 0.401 e. The van der Waals surface area contributed by atoms with E-state index in [-0.39, 0.29) is 6.54 Å². The normalized spacial score (nSPS) is 17.8. The zero-order valence-corrected chi connectivity index (χ0v) is 10.4. The standard InChI is InChI=1S/C11H16F3N5/c12-11(13,14)8-18-3-5-19(6-4-18)10-9(7-15)16-1-2-17-10/h1-2H,3-8,15H2. The van der Waals surface area contributed by atoms with E-state index in [4.69, 9.17) is 5.73 Å². The molecule has 5 nitrogen and oxygen atoms in total. The number of piperazine rings is 1. The van der Waals surface area contributed by atoms with E-state index < -0.39 is 12.7 Å². The smallest absolute Gasteiger partial charge is 0.353 e. The number of anilines is 1. The van der Waals surface area contributed by atoms with Gasteiger partial charge in [0, 0.05) is 45.1 Å². The number of aromatic nitrogens is 2. The van der Waals surface area contributed by atoms with Crippen molar-refractivity contribution >= 4 is 5.82 Å². The van der Waals surface area contributed by atoms with E-state index in [1.807, 2.05) is 4.90 Å². The summed E-state index contributed by atoms with van der Waals surface area (Å²) in [6, 6.07) is 0. The predicted octanol–water partition coefficient (Wildman–Crippen LogP) is 0.620. The molecule has 2 rings (SSSR count). The topological polar surface area (TPSA) is 58.3 Å². The van der Waals surface area contributed by atoms with Crippen LogP contribution in [-0.2, 0) is 6.54 Å². The van der Waals surface area contributed by atoms with Crippen LogP contribution in [0.3, 0.4) is 0 Å². The lowest BCUT2D eigenvalue weighted by molar-refractivity contribution is -0.146. The molecule has 0 amide bonds. The van der Waals surface area contributed by atoms with Gasteiger partial charge in [0.2, 0.25) is 0 Å². The van der Waals surface area contributed by atoms with Gasteiger partial charge >= 0.3 is 6.18 Å². The van der Waals surface area contributed by atoms with Crippen molar-refractivity contribution in [1.82, 2.24) is 14.9 Å². The van der Waals surface area contributed by atoms with E-state index in [9.17, 15) is 13.2 Å². The molecule has 0 aliphatic carbocycles. The summed E-state index contributed by atoms with van der Waals surface area (Å²) >= 11 is 0. The summed E-state index contributed by atoms with van der Waals surface area (Å²) < 4.78 is 36.9. The van der Waals surface area contributed by atoms with Gasteiger partial charge in [-0.25, -0.2) is 4.98 Å². The molecule has 1 aliphatic rings. The van der Waals surface area contributed by atoms with Crippen LogP contribution in [0.2, 0.25) is 0 Å². The minimum absolute atomic E-state index is 0.270. The van der Waals surface area contributed by atoms with Gasteiger partial charge in [0.1, 0.15) is 0 Å². The lowest BCUT2D eigenvalue weighted by Gasteiger charge is -2.36. The highest BCUT2D eigenvalue weighted by molar-refractivity contribution is 5.43. The van der Waals surface area contributed by atoms with Gasteiger partial charge in [-0.3, -0.25) is 9.88 Å². The molecule has 0 unspecified atom stereocenters. The summed E-state index contributed by atoms with van der Waals surface area (Å²) in [7, 11) is 0. The lowest BCUT2D eigenvalue weighted by Crippen LogP contribution is -2.49. The second kappa shape index (κ2) is 5.70. The van der Waals surface area contributed by atoms with Crippen LogP contribution in [0.1, 0.15) is 5.69 Å². The van der Waals surface area contributed by atoms with E-state index in [0.29, 0.717) is 37.7 Å². The van der Waals surface area contributed by atoms with Gasteiger partial charge < -0.3 is 10.6 Å². The Balaban J connectivity index is 1.96. The first kappa shape index (κ1) is 14.0. The van der Waals surface area contributed by atoms with Crippen molar-refractivity contribution in [2.45, 2.75) is 12.7 Å². The van der Waals surface area contributed by atoms with Crippen LogP contribution < -0.4 is 10.6 Å². The van der Waals surface area contributed by atoms with Crippen LogP contribution >= 0.6 is 0 Å². The third-order valence-electron chi connectivity index (χ3n) is 3.02. The Hall–Kier alpha value is -1.41. The van der Waals surface area contributed by atoms with Gasteiger partial charge in [-0.2, -0.15) is 13.2 Å². The molecule has 2 heterocycles. The van der Waals surface area contributed by atoms with Crippen LogP contribution in [0.25, 0.3) is 0 Å². The van der Waals surface area contributed by atoms with Crippen LogP contribution in [0, 0.1) is 0 Å². The Kier molecular flexibility index (Phi) is 4.20. The van der Waals surface area contributed by atoms with Gasteiger partial charge in [-0.1, -0.05) is 0 Å². The Morgan fingerprint density at radius 1 is 1.11 bits per heavy atom. The Labute approximate surface area is 109 Å². The van der Waals surface area contributed by atoms with Crippen LogP contribution in [-0.4, -0.2) is 53.8 Å². The number of nitrogens with two attached hydrogens (primary N) is 1. The molecule has 0 radical (unpaired) electrons. The average molecular weight is 275 g/mol. The van der Waals surface area contributed by atoms with Crippen molar-refractivity contribution < 1.29 is 13.2 Å². The van der Waals surface area contributed by atoms with Crippen molar-refractivity contribution in [3.05, 3.63) is 18.1 Å². The van der Waals surface area contributed by atoms with E-state index >= 15 is 0 Å². The highest BCUT2D eigenvalue weighted by Crippen LogP contribution is 2.20. The molecule has 19 heavy (non-hydrogen) atoms. The second-order valence-electron chi connectivity index (χ2n) is 4.41. The molecule has 8 heteroatoms. The predicted molar refractivity (Wildman–Crippen MR) is 64.6 cm³/mol. The van der Waals surface area contributed by atoms with Gasteiger partial charge in [-0.15, -0.1) is 0 Å². The molecule has 2 N–H and O–H groups in total. The molecule has 0 bridgehead atoms. The molecule has 0 atom stereocenters. The summed E-state index contributed by atoms with van der Waals surface area (Å²) in [5.41, 5.74) is 6.25. The third-order valence-corrected chi connectivity index (χ3v) is 3.02. The average Bonchev–Trinajstić information content (AvgIpc) is 2.38. The highest BCUT2D eigenvalue weighted by Gasteiger charge is 2.32. The van der Waals surface area contributed by atoms with Gasteiger partial charge in [0.15, 0.2) is 5.82 Å². The zero-order chi connectivity index (χ0) is 13.9. The van der Waals surface area contributed by atoms with Crippen molar-refractivity contribution in [1.29, 1.82) is 0 Å². The molecule has 1 aliphatic heterocycles. The van der Waals surface area contributed by atoms with Crippen LogP contribution in [0.5, 0.6) is 0 Å². The Morgan fingerprint density at radius 3 is 2.32 bits per heavy atom. The molecule has 1 saturated heterocycles. The number of nitrogens with zero attached hydrogens (tertiary/aromatic N) is 4. The molecule has 0 aromatic carbocycles. The first-order chi connectivity index (χ1) is 8.99. The van der Waals surface area contributed by atoms with Crippen molar-refractivity contribution in [2.75, 3.05) is 37.6 Å². The van der Waals surface area contributed by atoms with Gasteiger partial charge in [0.25, 0.3) is 0 Å². The Bertz CT molecular complexity index is 415. The quantitative estimate of drug-likeness (QED) is 0.876. The van der Waals surface area contributed by atoms with Crippen LogP contribution in [0.4, 0.5) is 19.0 Å². The number of hydrogen-bond donors (Lipinski definition) is 1. The van der Waals surface area contributed by atoms with E-state index in [2.05, 4.69) is 9.97 Å². The summed E-state index contributed by atoms with van der Waals surface area (Å²) in [6.07, 6.45) is -1.01. The summed E-state index contributed by atoms with van der Waals surface area (Å²) in [5.74, 6) is 0.677. The van der Waals surface area contributed by atoms with Crippen molar-refractivity contribution in [2.24, 2.45) is 5.73 Å². The summed E-state index contributed by atoms with van der Waals surface area (Å²) in [6.45, 7) is 1.14. The number of hydrogen-bond acceptors (Lipinski definition) is 5. The van der Waals surface area contributed by atoms with Crippen molar-refractivity contribution in [3.63, 3.8) is 0 Å². The van der Waals surface area contributed by atoms with Gasteiger partial charge in [0.05, 0.1) is 12.2 Å². The first-order valence-corrected chi connectivity index (χ1v) is 6.03. The number of alkyl halides is 3. The maximum absolute atomic E-state index is 12.3. The minimum Gasteiger partial charge on any atom is -0.353 e. The van der Waals surface area contributed by atoms with E-state index in [0.717, 1.165) is 0 Å². The lowest BCUT2D eigenvalue weighted by atomic mass is 10.3. The maximum Gasteiger partial charge on any atom is 0.401 e. The molecule has 0 spiro atoms. The SMILES string of the molecule is NCc1nccnc1N1CCN(CC(F)(F)F)CC1. The molecule has 1 aromatic rings. The zero-order valence-electron chi connectivity index (χ0n) is 10.4. The monoisotopic (exact) mass is 275 g/mol. The highest BCUT2D eigenvalue weighted by atomic mass is 19.4. The summed E-state index contributed by atoms with van der Waals surface area (Å²) in [5, 5.41) is 0. The third kappa shape index (κ3) is 3.77. The Morgan fingerprint density at radius 2 is 1.74 bits per heavy atom. The van der Waals surface area contributed by atoms with Crippen molar-refractivity contribution in [3.8, 4) is 0 Å². The fourth-order valence-corrected chi connectivity index (χ4v) is 2.14. The summed E-state index contributed by atoms with van der Waals surface area (Å²) in [4.78, 5) is 11.7. The molecule has 106 valence electrons. The fourth-order valence-electron chi connectivity index (χ4n) is 2.14. The molecular formula is C11H16F3N5. The van der Waals surface area contributed by atoms with Gasteiger partial charge in [-0.05, 0) is 0 Å². The fraction of sp³-hybridized carbons (Fsp3) is 0.636. The number of halogens is 3.